The fourth-order valence-corrected chi connectivity index (χ4v) is 1.33. The zero-order chi connectivity index (χ0) is 10.3. The third-order valence-corrected chi connectivity index (χ3v) is 1.97. The maximum Gasteiger partial charge on any atom is 0.292 e. The average molecular weight is 200 g/mol. The number of rotatable bonds is 0. The summed E-state index contributed by atoms with van der Waals surface area (Å²) in [6.45, 7) is 0. The highest BCUT2D eigenvalue weighted by molar-refractivity contribution is 5.75. The molecule has 0 aliphatic carbocycles. The lowest BCUT2D eigenvalue weighted by molar-refractivity contribution is -0.552. The van der Waals surface area contributed by atoms with Crippen LogP contribution in [0.3, 0.4) is 0 Å². The minimum Gasteiger partial charge on any atom is -0.740 e. The summed E-state index contributed by atoms with van der Waals surface area (Å²) >= 11 is 0. The molecule has 0 atom stereocenters. The monoisotopic (exact) mass is 200 g/mol. The van der Waals surface area contributed by atoms with Gasteiger partial charge < -0.3 is 5.21 Å². The van der Waals surface area contributed by atoms with Crippen molar-refractivity contribution in [2.45, 2.75) is 0 Å². The molecule has 7 heteroatoms. The molecule has 0 aliphatic heterocycles. The van der Waals surface area contributed by atoms with Gasteiger partial charge in [-0.25, -0.2) is 19.7 Å². The summed E-state index contributed by atoms with van der Waals surface area (Å²) in [7, 11) is 0. The summed E-state index contributed by atoms with van der Waals surface area (Å²) in [5.41, 5.74) is 1.26. The number of hydrogen-bond donors (Lipinski definition) is 0. The molecular weight excluding hydrogens is 196 g/mol. The molecule has 0 aliphatic rings. The summed E-state index contributed by atoms with van der Waals surface area (Å²) in [4.78, 5) is 19.5. The molecule has 7 nitrogen and oxygen atoms in total. The van der Waals surface area contributed by atoms with Crippen LogP contribution >= 0.6 is 0 Å². The first-order chi connectivity index (χ1) is 7.36. The molecule has 0 bridgehead atoms. The first kappa shape index (κ1) is 7.92. The Bertz CT molecular complexity index is 601. The van der Waals surface area contributed by atoms with Gasteiger partial charge in [-0.3, -0.25) is 0 Å². The van der Waals surface area contributed by atoms with Gasteiger partial charge in [0.15, 0.2) is 23.7 Å². The molecule has 3 heterocycles. The molecular formula is C8H4N6O. The van der Waals surface area contributed by atoms with Crippen LogP contribution in [0.2, 0.25) is 0 Å². The van der Waals surface area contributed by atoms with Crippen LogP contribution < -0.4 is 4.73 Å². The Labute approximate surface area is 83.1 Å². The van der Waals surface area contributed by atoms with Crippen LogP contribution in [-0.2, 0) is 0 Å². The molecule has 3 aromatic rings. The first-order valence-electron chi connectivity index (χ1n) is 4.15. The van der Waals surface area contributed by atoms with E-state index in [1.807, 2.05) is 0 Å². The van der Waals surface area contributed by atoms with E-state index in [1.54, 1.807) is 0 Å². The molecule has 0 spiro atoms. The lowest BCUT2D eigenvalue weighted by atomic mass is 10.4. The van der Waals surface area contributed by atoms with Gasteiger partial charge in [0.1, 0.15) is 0 Å². The van der Waals surface area contributed by atoms with Gasteiger partial charge in [0.2, 0.25) is 0 Å². The normalized spacial score (nSPS) is 10.9. The molecule has 0 amide bonds. The minimum atomic E-state index is 0.205. The van der Waals surface area contributed by atoms with Gasteiger partial charge in [-0.2, -0.15) is 0 Å². The van der Waals surface area contributed by atoms with Crippen LogP contribution in [0.1, 0.15) is 0 Å². The highest BCUT2D eigenvalue weighted by atomic mass is 16.5. The predicted octanol–water partition coefficient (Wildman–Crippen LogP) is -0.399. The first-order valence-corrected chi connectivity index (χ1v) is 4.15. The molecule has 72 valence electrons. The van der Waals surface area contributed by atoms with Crippen LogP contribution in [0.15, 0.2) is 25.0 Å². The van der Waals surface area contributed by atoms with Crippen molar-refractivity contribution in [1.29, 1.82) is 0 Å². The summed E-state index contributed by atoms with van der Waals surface area (Å²) in [6, 6.07) is 0. The van der Waals surface area contributed by atoms with Crippen LogP contribution in [0.4, 0.5) is 0 Å². The fourth-order valence-electron chi connectivity index (χ4n) is 1.33. The van der Waals surface area contributed by atoms with Crippen molar-refractivity contribution in [3.8, 4) is 0 Å². The second kappa shape index (κ2) is 2.77. The maximum atomic E-state index is 11.8. The Kier molecular flexibility index (Phi) is 1.46. The van der Waals surface area contributed by atoms with E-state index in [4.69, 9.17) is 0 Å². The van der Waals surface area contributed by atoms with Crippen LogP contribution in [0, 0.1) is 5.21 Å². The number of aromatic nitrogens is 6. The van der Waals surface area contributed by atoms with E-state index in [0.29, 0.717) is 15.8 Å². The van der Waals surface area contributed by atoms with Crippen molar-refractivity contribution < 1.29 is 4.73 Å². The molecule has 0 unspecified atom stereocenters. The SMILES string of the molecule is [O-][n+]1c2ncncc2nc2cncnc21. The molecule has 0 fully saturated rings. The van der Waals surface area contributed by atoms with E-state index < -0.39 is 0 Å². The van der Waals surface area contributed by atoms with Crippen molar-refractivity contribution in [2.75, 3.05) is 0 Å². The van der Waals surface area contributed by atoms with Crippen LogP contribution in [0.5, 0.6) is 0 Å². The smallest absolute Gasteiger partial charge is 0.292 e. The van der Waals surface area contributed by atoms with Crippen LogP contribution in [0.25, 0.3) is 22.3 Å². The molecule has 15 heavy (non-hydrogen) atoms. The largest absolute Gasteiger partial charge is 0.740 e. The zero-order valence-electron chi connectivity index (χ0n) is 7.40. The van der Waals surface area contributed by atoms with Gasteiger partial charge in [-0.1, -0.05) is 9.97 Å². The molecule has 0 saturated heterocycles. The van der Waals surface area contributed by atoms with Crippen LogP contribution in [-0.4, -0.2) is 24.9 Å². The number of fused-ring (bicyclic) bond motifs is 2. The third kappa shape index (κ3) is 1.06. The molecule has 3 rings (SSSR count). The van der Waals surface area contributed by atoms with Gasteiger partial charge in [0.05, 0.1) is 12.4 Å². The molecule has 0 radical (unpaired) electrons. The highest BCUT2D eigenvalue weighted by Gasteiger charge is 2.10. The summed E-state index contributed by atoms with van der Waals surface area (Å²) in [6.07, 6.45) is 5.54. The topological polar surface area (TPSA) is 91.4 Å². The highest BCUT2D eigenvalue weighted by Crippen LogP contribution is 2.07. The Morgan fingerprint density at radius 3 is 2.00 bits per heavy atom. The van der Waals surface area contributed by atoms with Crippen molar-refractivity contribution >= 4 is 22.3 Å². The average Bonchev–Trinajstić information content (AvgIpc) is 2.30. The third-order valence-electron chi connectivity index (χ3n) is 1.97. The molecule has 0 aromatic carbocycles. The van der Waals surface area contributed by atoms with E-state index in [-0.39, 0.29) is 11.3 Å². The molecule has 0 N–H and O–H groups in total. The Morgan fingerprint density at radius 2 is 1.47 bits per heavy atom. The van der Waals surface area contributed by atoms with Gasteiger partial charge in [0, 0.05) is 0 Å². The van der Waals surface area contributed by atoms with E-state index in [1.165, 1.54) is 25.0 Å². The Balaban J connectivity index is 2.60. The van der Waals surface area contributed by atoms with Crippen molar-refractivity contribution in [1.82, 2.24) is 24.9 Å². The maximum absolute atomic E-state index is 11.8. The lowest BCUT2D eigenvalue weighted by Crippen LogP contribution is -2.30. The van der Waals surface area contributed by atoms with Gasteiger partial charge in [-0.15, -0.1) is 0 Å². The van der Waals surface area contributed by atoms with E-state index >= 15 is 0 Å². The van der Waals surface area contributed by atoms with Crippen molar-refractivity contribution in [3.63, 3.8) is 0 Å². The van der Waals surface area contributed by atoms with Crippen molar-refractivity contribution in [2.24, 2.45) is 0 Å². The lowest BCUT2D eigenvalue weighted by Gasteiger charge is -2.06. The fraction of sp³-hybridized carbons (Fsp3) is 0. The number of nitrogens with zero attached hydrogens (tertiary/aromatic N) is 6. The second-order valence-corrected chi connectivity index (χ2v) is 2.87. The van der Waals surface area contributed by atoms with E-state index in [2.05, 4.69) is 24.9 Å². The second-order valence-electron chi connectivity index (χ2n) is 2.87. The number of hydrogen-bond acceptors (Lipinski definition) is 6. The zero-order valence-corrected chi connectivity index (χ0v) is 7.40. The van der Waals surface area contributed by atoms with E-state index in [9.17, 15) is 5.21 Å². The van der Waals surface area contributed by atoms with E-state index in [0.717, 1.165) is 0 Å². The molecule has 3 aromatic heterocycles. The predicted molar refractivity (Wildman–Crippen MR) is 49.4 cm³/mol. The summed E-state index contributed by atoms with van der Waals surface area (Å²) in [5.74, 6) is 0. The summed E-state index contributed by atoms with van der Waals surface area (Å²) in [5, 5.41) is 11.8. The Hall–Kier alpha value is -2.44. The Morgan fingerprint density at radius 1 is 0.933 bits per heavy atom. The van der Waals surface area contributed by atoms with Crippen molar-refractivity contribution in [3.05, 3.63) is 30.3 Å². The van der Waals surface area contributed by atoms with Gasteiger partial charge in [0.25, 0.3) is 11.3 Å². The molecule has 0 saturated carbocycles. The standard InChI is InChI=1S/C8H4N6O/c15-14-7-5(1-9-3-11-7)13-6-2-10-4-12-8(6)14/h1-4H. The summed E-state index contributed by atoms with van der Waals surface area (Å²) < 4.78 is 0.626. The van der Waals surface area contributed by atoms with Gasteiger partial charge >= 0.3 is 0 Å². The van der Waals surface area contributed by atoms with Gasteiger partial charge in [-0.05, 0) is 0 Å². The minimum absolute atomic E-state index is 0.205. The quantitative estimate of drug-likeness (QED) is 0.278.